The molecule has 2 N–H and O–H groups in total. The van der Waals surface area contributed by atoms with Crippen molar-refractivity contribution in [1.82, 2.24) is 4.98 Å². The fourth-order valence-corrected chi connectivity index (χ4v) is 1.88. The minimum atomic E-state index is 0.444. The van der Waals surface area contributed by atoms with Gasteiger partial charge < -0.3 is 10.6 Å². The van der Waals surface area contributed by atoms with E-state index in [2.05, 4.69) is 4.98 Å². The summed E-state index contributed by atoms with van der Waals surface area (Å²) in [6.07, 6.45) is 0. The quantitative estimate of drug-likeness (QED) is 0.869. The summed E-state index contributed by atoms with van der Waals surface area (Å²) < 4.78 is 0. The maximum absolute atomic E-state index is 6.00. The number of halogens is 1. The topological polar surface area (TPSA) is 42.1 Å². The molecular formula is C12H14ClN3. The maximum atomic E-state index is 6.00. The van der Waals surface area contributed by atoms with Gasteiger partial charge >= 0.3 is 0 Å². The van der Waals surface area contributed by atoms with Crippen LogP contribution in [-0.2, 0) is 6.54 Å². The highest BCUT2D eigenvalue weighted by atomic mass is 35.5. The molecule has 0 amide bonds. The first-order valence-corrected chi connectivity index (χ1v) is 5.46. The molecule has 1 aromatic heterocycles. The van der Waals surface area contributed by atoms with Crippen LogP contribution in [0.4, 0.5) is 5.69 Å². The fraction of sp³-hybridized carbons (Fsp3) is 0.250. The Morgan fingerprint density at radius 3 is 2.69 bits per heavy atom. The molecule has 0 unspecified atom stereocenters. The standard InChI is InChI=1S/C12H14ClN3/c1-16(2)12-6-9(7-14)15-11-4-3-8(13)5-10(11)12/h3-6H,7,14H2,1-2H3. The highest BCUT2D eigenvalue weighted by Gasteiger charge is 2.07. The second kappa shape index (κ2) is 4.28. The molecule has 4 heteroatoms. The first-order chi connectivity index (χ1) is 7.61. The Labute approximate surface area is 99.8 Å². The second-order valence-corrected chi connectivity index (χ2v) is 4.33. The normalized spacial score (nSPS) is 10.8. The van der Waals surface area contributed by atoms with E-state index in [4.69, 9.17) is 17.3 Å². The van der Waals surface area contributed by atoms with Crippen molar-refractivity contribution in [2.45, 2.75) is 6.54 Å². The zero-order valence-electron chi connectivity index (χ0n) is 9.37. The molecular weight excluding hydrogens is 222 g/mol. The number of hydrogen-bond acceptors (Lipinski definition) is 3. The van der Waals surface area contributed by atoms with Gasteiger partial charge in [-0.1, -0.05) is 11.6 Å². The lowest BCUT2D eigenvalue weighted by Gasteiger charge is -2.16. The average molecular weight is 236 g/mol. The molecule has 0 saturated heterocycles. The lowest BCUT2D eigenvalue weighted by Crippen LogP contribution is -2.11. The molecule has 16 heavy (non-hydrogen) atoms. The van der Waals surface area contributed by atoms with E-state index in [0.717, 1.165) is 27.3 Å². The van der Waals surface area contributed by atoms with Crippen LogP contribution in [0.25, 0.3) is 10.9 Å². The smallest absolute Gasteiger partial charge is 0.0727 e. The Hall–Kier alpha value is -1.32. The summed E-state index contributed by atoms with van der Waals surface area (Å²) in [7, 11) is 3.99. The first-order valence-electron chi connectivity index (χ1n) is 5.08. The van der Waals surface area contributed by atoms with Crippen molar-refractivity contribution in [3.8, 4) is 0 Å². The zero-order valence-corrected chi connectivity index (χ0v) is 10.1. The number of pyridine rings is 1. The van der Waals surface area contributed by atoms with E-state index in [1.807, 2.05) is 43.3 Å². The largest absolute Gasteiger partial charge is 0.377 e. The zero-order chi connectivity index (χ0) is 11.7. The molecule has 0 radical (unpaired) electrons. The number of anilines is 1. The third-order valence-corrected chi connectivity index (χ3v) is 2.73. The van der Waals surface area contributed by atoms with E-state index in [-0.39, 0.29) is 0 Å². The van der Waals surface area contributed by atoms with Gasteiger partial charge in [0, 0.05) is 36.7 Å². The molecule has 0 bridgehead atoms. The van der Waals surface area contributed by atoms with Crippen molar-refractivity contribution in [3.63, 3.8) is 0 Å². The molecule has 0 atom stereocenters. The Morgan fingerprint density at radius 2 is 2.06 bits per heavy atom. The van der Waals surface area contributed by atoms with Crippen molar-refractivity contribution in [2.24, 2.45) is 5.73 Å². The number of rotatable bonds is 2. The van der Waals surface area contributed by atoms with E-state index in [0.29, 0.717) is 6.54 Å². The van der Waals surface area contributed by atoms with Crippen LogP contribution in [0.2, 0.25) is 5.02 Å². The van der Waals surface area contributed by atoms with Gasteiger partial charge in [0.2, 0.25) is 0 Å². The minimum absolute atomic E-state index is 0.444. The van der Waals surface area contributed by atoms with Crippen LogP contribution in [-0.4, -0.2) is 19.1 Å². The highest BCUT2D eigenvalue weighted by molar-refractivity contribution is 6.31. The molecule has 0 fully saturated rings. The number of nitrogens with two attached hydrogens (primary N) is 1. The van der Waals surface area contributed by atoms with Crippen molar-refractivity contribution in [1.29, 1.82) is 0 Å². The number of aromatic nitrogens is 1. The Balaban J connectivity index is 2.77. The third kappa shape index (κ3) is 1.96. The summed E-state index contributed by atoms with van der Waals surface area (Å²) in [6.45, 7) is 0.444. The molecule has 0 spiro atoms. The van der Waals surface area contributed by atoms with Crippen molar-refractivity contribution < 1.29 is 0 Å². The predicted octanol–water partition coefficient (Wildman–Crippen LogP) is 2.41. The van der Waals surface area contributed by atoms with Crippen molar-refractivity contribution in [2.75, 3.05) is 19.0 Å². The second-order valence-electron chi connectivity index (χ2n) is 3.89. The molecule has 0 saturated carbocycles. The van der Waals surface area contributed by atoms with Crippen LogP contribution < -0.4 is 10.6 Å². The molecule has 3 nitrogen and oxygen atoms in total. The van der Waals surface area contributed by atoms with Gasteiger partial charge in [-0.3, -0.25) is 4.98 Å². The lowest BCUT2D eigenvalue weighted by atomic mass is 10.1. The summed E-state index contributed by atoms with van der Waals surface area (Å²) in [5.74, 6) is 0. The summed E-state index contributed by atoms with van der Waals surface area (Å²) in [5, 5.41) is 1.77. The van der Waals surface area contributed by atoms with Crippen LogP contribution in [0.15, 0.2) is 24.3 Å². The molecule has 1 heterocycles. The van der Waals surface area contributed by atoms with Gasteiger partial charge in [0.15, 0.2) is 0 Å². The number of hydrogen-bond donors (Lipinski definition) is 1. The molecule has 1 aromatic carbocycles. The summed E-state index contributed by atoms with van der Waals surface area (Å²) in [6, 6.07) is 7.69. The Morgan fingerprint density at radius 1 is 1.31 bits per heavy atom. The van der Waals surface area contributed by atoms with Crippen LogP contribution in [0, 0.1) is 0 Å². The van der Waals surface area contributed by atoms with E-state index in [1.54, 1.807) is 0 Å². The van der Waals surface area contributed by atoms with Gasteiger partial charge in [0.1, 0.15) is 0 Å². The van der Waals surface area contributed by atoms with Crippen LogP contribution >= 0.6 is 11.6 Å². The molecule has 2 aromatic rings. The predicted molar refractivity (Wildman–Crippen MR) is 69.0 cm³/mol. The van der Waals surface area contributed by atoms with Crippen molar-refractivity contribution in [3.05, 3.63) is 35.0 Å². The highest BCUT2D eigenvalue weighted by Crippen LogP contribution is 2.27. The van der Waals surface area contributed by atoms with Gasteiger partial charge in [-0.15, -0.1) is 0 Å². The van der Waals surface area contributed by atoms with E-state index in [9.17, 15) is 0 Å². The van der Waals surface area contributed by atoms with Crippen molar-refractivity contribution >= 4 is 28.2 Å². The maximum Gasteiger partial charge on any atom is 0.0727 e. The third-order valence-electron chi connectivity index (χ3n) is 2.49. The Bertz CT molecular complexity index is 523. The van der Waals surface area contributed by atoms with E-state index >= 15 is 0 Å². The fourth-order valence-electron chi connectivity index (χ4n) is 1.71. The average Bonchev–Trinajstić information content (AvgIpc) is 2.27. The summed E-state index contributed by atoms with van der Waals surface area (Å²) in [5.41, 5.74) is 8.54. The number of fused-ring (bicyclic) bond motifs is 1. The minimum Gasteiger partial charge on any atom is -0.377 e. The molecule has 2 rings (SSSR count). The van der Waals surface area contributed by atoms with Gasteiger partial charge in [-0.25, -0.2) is 0 Å². The molecule has 84 valence electrons. The Kier molecular flexibility index (Phi) is 2.99. The molecule has 0 aliphatic heterocycles. The molecule has 0 aliphatic rings. The SMILES string of the molecule is CN(C)c1cc(CN)nc2ccc(Cl)cc12. The lowest BCUT2D eigenvalue weighted by molar-refractivity contribution is 0.999. The van der Waals surface area contributed by atoms with Crippen LogP contribution in [0.5, 0.6) is 0 Å². The van der Waals surface area contributed by atoms with E-state index in [1.165, 1.54) is 0 Å². The van der Waals surface area contributed by atoms with Crippen LogP contribution in [0.3, 0.4) is 0 Å². The van der Waals surface area contributed by atoms with E-state index < -0.39 is 0 Å². The van der Waals surface area contributed by atoms with Gasteiger partial charge in [-0.2, -0.15) is 0 Å². The summed E-state index contributed by atoms with van der Waals surface area (Å²) in [4.78, 5) is 6.51. The van der Waals surface area contributed by atoms with Gasteiger partial charge in [0.05, 0.1) is 11.2 Å². The van der Waals surface area contributed by atoms with Crippen LogP contribution in [0.1, 0.15) is 5.69 Å². The monoisotopic (exact) mass is 235 g/mol. The first kappa shape index (κ1) is 11.2. The van der Waals surface area contributed by atoms with Gasteiger partial charge in [-0.05, 0) is 24.3 Å². The number of nitrogens with zero attached hydrogens (tertiary/aromatic N) is 2. The summed E-state index contributed by atoms with van der Waals surface area (Å²) >= 11 is 6.00. The molecule has 0 aliphatic carbocycles. The van der Waals surface area contributed by atoms with Gasteiger partial charge in [0.25, 0.3) is 0 Å². The number of benzene rings is 1.